The molecular formula is C23H31F3N2O3. The summed E-state index contributed by atoms with van der Waals surface area (Å²) in [6.07, 6.45) is 4.63. The maximum atomic E-state index is 13.8. The van der Waals surface area contributed by atoms with Gasteiger partial charge in [-0.1, -0.05) is 0 Å². The molecule has 0 aromatic heterocycles. The first-order valence-corrected chi connectivity index (χ1v) is 11.4. The third-order valence-corrected chi connectivity index (χ3v) is 6.80. The molecule has 3 aliphatic rings. The van der Waals surface area contributed by atoms with Gasteiger partial charge in [-0.15, -0.1) is 0 Å². The van der Waals surface area contributed by atoms with E-state index in [9.17, 15) is 18.0 Å². The molecule has 0 saturated carbocycles. The lowest BCUT2D eigenvalue weighted by Gasteiger charge is -2.38. The first-order chi connectivity index (χ1) is 15.0. The average molecular weight is 441 g/mol. The summed E-state index contributed by atoms with van der Waals surface area (Å²) >= 11 is 0. The van der Waals surface area contributed by atoms with Crippen molar-refractivity contribution in [2.24, 2.45) is 11.8 Å². The standard InChI is InChI=1S/C23H31F3N2O3/c24-18-13-20(25)22(21(26)14-18)31-19-3-9-28(10-4-19)23(29)17-1-7-27(8-2-17)15-16-5-11-30-12-6-16/h13-14,16-17,19H,1-12,15H2. The van der Waals surface area contributed by atoms with Crippen LogP contribution in [-0.4, -0.2) is 67.7 Å². The van der Waals surface area contributed by atoms with Gasteiger partial charge in [0.1, 0.15) is 11.9 Å². The maximum Gasteiger partial charge on any atom is 0.225 e. The van der Waals surface area contributed by atoms with Crippen LogP contribution in [0.1, 0.15) is 38.5 Å². The minimum Gasteiger partial charge on any atom is -0.484 e. The lowest BCUT2D eigenvalue weighted by molar-refractivity contribution is -0.139. The van der Waals surface area contributed by atoms with Gasteiger partial charge in [0.2, 0.25) is 5.91 Å². The summed E-state index contributed by atoms with van der Waals surface area (Å²) in [5, 5.41) is 0. The smallest absolute Gasteiger partial charge is 0.225 e. The van der Waals surface area contributed by atoms with Crippen molar-refractivity contribution >= 4 is 5.91 Å². The van der Waals surface area contributed by atoms with Crippen LogP contribution in [0, 0.1) is 29.3 Å². The van der Waals surface area contributed by atoms with Crippen molar-refractivity contribution in [2.75, 3.05) is 45.9 Å². The predicted molar refractivity (Wildman–Crippen MR) is 109 cm³/mol. The molecule has 0 atom stereocenters. The van der Waals surface area contributed by atoms with E-state index in [4.69, 9.17) is 9.47 Å². The monoisotopic (exact) mass is 440 g/mol. The molecule has 0 spiro atoms. The van der Waals surface area contributed by atoms with Crippen molar-refractivity contribution in [3.8, 4) is 5.75 Å². The number of hydrogen-bond donors (Lipinski definition) is 0. The number of halogens is 3. The number of carbonyl (C=O) groups excluding carboxylic acids is 1. The van der Waals surface area contributed by atoms with Gasteiger partial charge in [0, 0.05) is 63.7 Å². The van der Waals surface area contributed by atoms with E-state index in [2.05, 4.69) is 4.90 Å². The van der Waals surface area contributed by atoms with E-state index < -0.39 is 23.2 Å². The van der Waals surface area contributed by atoms with Gasteiger partial charge in [0.05, 0.1) is 0 Å². The molecule has 3 fully saturated rings. The number of nitrogens with zero attached hydrogens (tertiary/aromatic N) is 2. The number of ether oxygens (including phenoxy) is 2. The summed E-state index contributed by atoms with van der Waals surface area (Å²) in [5.41, 5.74) is 0. The fraction of sp³-hybridized carbons (Fsp3) is 0.696. The van der Waals surface area contributed by atoms with Gasteiger partial charge >= 0.3 is 0 Å². The lowest BCUT2D eigenvalue weighted by atomic mass is 9.92. The summed E-state index contributed by atoms with van der Waals surface area (Å²) in [5.74, 6) is -2.65. The van der Waals surface area contributed by atoms with Crippen LogP contribution in [0.2, 0.25) is 0 Å². The van der Waals surface area contributed by atoms with Crippen LogP contribution >= 0.6 is 0 Å². The third kappa shape index (κ3) is 5.71. The molecule has 0 aliphatic carbocycles. The van der Waals surface area contributed by atoms with E-state index in [0.29, 0.717) is 44.0 Å². The van der Waals surface area contributed by atoms with Gasteiger partial charge in [0.15, 0.2) is 17.4 Å². The molecule has 4 rings (SSSR count). The normalized spacial score (nSPS) is 22.6. The number of carbonyl (C=O) groups is 1. The van der Waals surface area contributed by atoms with Crippen LogP contribution in [0.4, 0.5) is 13.2 Å². The molecule has 5 nitrogen and oxygen atoms in total. The van der Waals surface area contributed by atoms with Crippen LogP contribution in [-0.2, 0) is 9.53 Å². The highest BCUT2D eigenvalue weighted by Gasteiger charge is 2.32. The van der Waals surface area contributed by atoms with E-state index in [1.54, 1.807) is 0 Å². The Labute approximate surface area is 181 Å². The second-order valence-corrected chi connectivity index (χ2v) is 8.97. The third-order valence-electron chi connectivity index (χ3n) is 6.80. The fourth-order valence-electron chi connectivity index (χ4n) is 4.92. The van der Waals surface area contributed by atoms with Crippen molar-refractivity contribution in [3.63, 3.8) is 0 Å². The Morgan fingerprint density at radius 2 is 1.55 bits per heavy atom. The Hall–Kier alpha value is -1.80. The van der Waals surface area contributed by atoms with Gasteiger partial charge < -0.3 is 19.3 Å². The van der Waals surface area contributed by atoms with Crippen molar-refractivity contribution in [1.82, 2.24) is 9.80 Å². The van der Waals surface area contributed by atoms with Gasteiger partial charge in [-0.3, -0.25) is 4.79 Å². The molecular weight excluding hydrogens is 409 g/mol. The quantitative estimate of drug-likeness (QED) is 0.702. The molecule has 0 unspecified atom stereocenters. The zero-order valence-electron chi connectivity index (χ0n) is 17.8. The molecule has 3 heterocycles. The van der Waals surface area contributed by atoms with E-state index in [1.807, 2.05) is 4.90 Å². The first-order valence-electron chi connectivity index (χ1n) is 11.4. The Morgan fingerprint density at radius 1 is 0.935 bits per heavy atom. The van der Waals surface area contributed by atoms with Gasteiger partial charge in [-0.05, 0) is 44.7 Å². The van der Waals surface area contributed by atoms with E-state index >= 15 is 0 Å². The molecule has 1 aromatic carbocycles. The Balaban J connectivity index is 1.21. The number of hydrogen-bond acceptors (Lipinski definition) is 4. The van der Waals surface area contributed by atoms with E-state index in [-0.39, 0.29) is 17.9 Å². The number of likely N-dealkylation sites (tertiary alicyclic amines) is 2. The topological polar surface area (TPSA) is 42.0 Å². The molecule has 0 bridgehead atoms. The number of amides is 1. The van der Waals surface area contributed by atoms with Gasteiger partial charge in [0.25, 0.3) is 0 Å². The molecule has 3 aliphatic heterocycles. The molecule has 8 heteroatoms. The summed E-state index contributed by atoms with van der Waals surface area (Å²) in [7, 11) is 0. The SMILES string of the molecule is O=C(C1CCN(CC2CCOCC2)CC1)N1CCC(Oc2c(F)cc(F)cc2F)CC1. The first kappa shape index (κ1) is 22.4. The zero-order valence-corrected chi connectivity index (χ0v) is 17.8. The second kappa shape index (κ2) is 10.2. The highest BCUT2D eigenvalue weighted by Crippen LogP contribution is 2.28. The van der Waals surface area contributed by atoms with Crippen molar-refractivity contribution < 1.29 is 27.4 Å². The van der Waals surface area contributed by atoms with Gasteiger partial charge in [-0.25, -0.2) is 13.2 Å². The molecule has 172 valence electrons. The summed E-state index contributed by atoms with van der Waals surface area (Å²) in [4.78, 5) is 17.3. The van der Waals surface area contributed by atoms with Crippen LogP contribution in [0.25, 0.3) is 0 Å². The molecule has 1 aromatic rings. The number of rotatable bonds is 5. The highest BCUT2D eigenvalue weighted by atomic mass is 19.1. The summed E-state index contributed by atoms with van der Waals surface area (Å²) in [6, 6.07) is 1.23. The largest absolute Gasteiger partial charge is 0.484 e. The van der Waals surface area contributed by atoms with Crippen molar-refractivity contribution in [2.45, 2.75) is 44.6 Å². The highest BCUT2D eigenvalue weighted by molar-refractivity contribution is 5.79. The summed E-state index contributed by atoms with van der Waals surface area (Å²) in [6.45, 7) is 5.75. The van der Waals surface area contributed by atoms with Crippen LogP contribution in [0.5, 0.6) is 5.75 Å². The minimum absolute atomic E-state index is 0.0513. The van der Waals surface area contributed by atoms with Crippen molar-refractivity contribution in [1.29, 1.82) is 0 Å². The van der Waals surface area contributed by atoms with Crippen LogP contribution in [0.3, 0.4) is 0 Å². The van der Waals surface area contributed by atoms with Crippen LogP contribution in [0.15, 0.2) is 12.1 Å². The van der Waals surface area contributed by atoms with E-state index in [1.165, 1.54) is 0 Å². The fourth-order valence-corrected chi connectivity index (χ4v) is 4.92. The van der Waals surface area contributed by atoms with Crippen molar-refractivity contribution in [3.05, 3.63) is 29.6 Å². The average Bonchev–Trinajstić information content (AvgIpc) is 2.77. The zero-order chi connectivity index (χ0) is 21.8. The Kier molecular flexibility index (Phi) is 7.38. The predicted octanol–water partition coefficient (Wildman–Crippen LogP) is 3.61. The molecule has 1 amide bonds. The van der Waals surface area contributed by atoms with Gasteiger partial charge in [-0.2, -0.15) is 0 Å². The second-order valence-electron chi connectivity index (χ2n) is 8.97. The molecule has 3 saturated heterocycles. The number of benzene rings is 1. The Bertz CT molecular complexity index is 733. The summed E-state index contributed by atoms with van der Waals surface area (Å²) < 4.78 is 51.6. The van der Waals surface area contributed by atoms with Crippen LogP contribution < -0.4 is 4.74 Å². The Morgan fingerprint density at radius 3 is 2.16 bits per heavy atom. The maximum absolute atomic E-state index is 13.8. The van der Waals surface area contributed by atoms with E-state index in [0.717, 1.165) is 58.5 Å². The minimum atomic E-state index is -1.04. The molecule has 31 heavy (non-hydrogen) atoms. The number of piperidine rings is 2. The molecule has 0 radical (unpaired) electrons. The molecule has 0 N–H and O–H groups in total. The lowest BCUT2D eigenvalue weighted by Crippen LogP contribution is -2.47.